The quantitative estimate of drug-likeness (QED) is 0.792. The zero-order valence-corrected chi connectivity index (χ0v) is 16.0. The molecule has 142 valence electrons. The molecule has 2 aliphatic heterocycles. The molecular weight excluding hydrogens is 328 g/mol. The Balaban J connectivity index is 1.54. The van der Waals surface area contributed by atoms with Crippen LogP contribution in [0.3, 0.4) is 0 Å². The summed E-state index contributed by atoms with van der Waals surface area (Å²) in [6.07, 6.45) is 0.877. The number of amides is 3. The third-order valence-electron chi connectivity index (χ3n) is 5.77. The van der Waals surface area contributed by atoms with Crippen LogP contribution in [0.2, 0.25) is 0 Å². The molecule has 2 saturated heterocycles. The third-order valence-corrected chi connectivity index (χ3v) is 5.77. The van der Waals surface area contributed by atoms with Crippen LogP contribution in [0, 0.1) is 5.92 Å². The SMILES string of the molecule is CC[C@H](C)[C@@H]1NC(=O)N(CC(C)N2CCN(c3ccccc3)CC2)C1=O. The van der Waals surface area contributed by atoms with E-state index in [0.29, 0.717) is 6.54 Å². The summed E-state index contributed by atoms with van der Waals surface area (Å²) in [5.41, 5.74) is 1.25. The van der Waals surface area contributed by atoms with Gasteiger partial charge in [0.25, 0.3) is 5.91 Å². The first kappa shape index (κ1) is 18.7. The molecule has 1 aromatic rings. The summed E-state index contributed by atoms with van der Waals surface area (Å²) in [5.74, 6) is 0.0975. The molecule has 1 N–H and O–H groups in total. The van der Waals surface area contributed by atoms with Crippen LogP contribution in [-0.2, 0) is 4.79 Å². The van der Waals surface area contributed by atoms with Crippen molar-refractivity contribution in [1.29, 1.82) is 0 Å². The van der Waals surface area contributed by atoms with Gasteiger partial charge in [-0.15, -0.1) is 0 Å². The molecule has 0 aliphatic carbocycles. The number of piperazine rings is 1. The molecule has 0 saturated carbocycles. The number of hydrogen-bond acceptors (Lipinski definition) is 4. The zero-order valence-electron chi connectivity index (χ0n) is 16.0. The zero-order chi connectivity index (χ0) is 18.7. The van der Waals surface area contributed by atoms with Crippen molar-refractivity contribution in [2.24, 2.45) is 5.92 Å². The molecule has 1 aromatic carbocycles. The Morgan fingerprint density at radius 1 is 1.08 bits per heavy atom. The minimum absolute atomic E-state index is 0.0703. The first-order valence-corrected chi connectivity index (χ1v) is 9.67. The fraction of sp³-hybridized carbons (Fsp3) is 0.600. The number of carbonyl (C=O) groups is 2. The maximum Gasteiger partial charge on any atom is 0.324 e. The maximum atomic E-state index is 12.6. The summed E-state index contributed by atoms with van der Waals surface area (Å²) in [7, 11) is 0. The lowest BCUT2D eigenvalue weighted by atomic mass is 9.99. The second-order valence-electron chi connectivity index (χ2n) is 7.47. The molecule has 1 unspecified atom stereocenters. The van der Waals surface area contributed by atoms with Crippen molar-refractivity contribution >= 4 is 17.6 Å². The lowest BCUT2D eigenvalue weighted by Gasteiger charge is -2.39. The van der Waals surface area contributed by atoms with Crippen molar-refractivity contribution in [3.8, 4) is 0 Å². The minimum Gasteiger partial charge on any atom is -0.369 e. The number of nitrogens with zero attached hydrogens (tertiary/aromatic N) is 3. The van der Waals surface area contributed by atoms with Crippen molar-refractivity contribution in [2.45, 2.75) is 39.3 Å². The second-order valence-corrected chi connectivity index (χ2v) is 7.47. The van der Waals surface area contributed by atoms with Gasteiger partial charge >= 0.3 is 6.03 Å². The lowest BCUT2D eigenvalue weighted by Crippen LogP contribution is -2.53. The number of nitrogens with one attached hydrogen (secondary N) is 1. The van der Waals surface area contributed by atoms with Crippen LogP contribution in [0.4, 0.5) is 10.5 Å². The van der Waals surface area contributed by atoms with Crippen molar-refractivity contribution < 1.29 is 9.59 Å². The van der Waals surface area contributed by atoms with Crippen LogP contribution in [0.1, 0.15) is 27.2 Å². The topological polar surface area (TPSA) is 55.9 Å². The van der Waals surface area contributed by atoms with E-state index in [1.165, 1.54) is 10.6 Å². The Bertz CT molecular complexity index is 628. The van der Waals surface area contributed by atoms with Crippen LogP contribution in [0.5, 0.6) is 0 Å². The summed E-state index contributed by atoms with van der Waals surface area (Å²) in [6, 6.07) is 10.0. The van der Waals surface area contributed by atoms with E-state index < -0.39 is 0 Å². The van der Waals surface area contributed by atoms with E-state index in [9.17, 15) is 9.59 Å². The Kier molecular flexibility index (Phi) is 5.81. The van der Waals surface area contributed by atoms with Crippen LogP contribution >= 0.6 is 0 Å². The van der Waals surface area contributed by atoms with E-state index >= 15 is 0 Å². The van der Waals surface area contributed by atoms with Gasteiger partial charge in [-0.1, -0.05) is 38.5 Å². The average molecular weight is 358 g/mol. The van der Waals surface area contributed by atoms with Crippen molar-refractivity contribution in [2.75, 3.05) is 37.6 Å². The Morgan fingerprint density at radius 2 is 1.73 bits per heavy atom. The second kappa shape index (κ2) is 8.08. The largest absolute Gasteiger partial charge is 0.369 e. The minimum atomic E-state index is -0.366. The number of benzene rings is 1. The molecule has 26 heavy (non-hydrogen) atoms. The molecular formula is C20H30N4O2. The fourth-order valence-electron chi connectivity index (χ4n) is 3.77. The van der Waals surface area contributed by atoms with Gasteiger partial charge in [0.1, 0.15) is 6.04 Å². The van der Waals surface area contributed by atoms with Gasteiger partial charge in [-0.25, -0.2) is 4.79 Å². The maximum absolute atomic E-state index is 12.6. The number of hydrogen-bond donors (Lipinski definition) is 1. The normalized spacial score (nSPS) is 23.9. The van der Waals surface area contributed by atoms with Crippen molar-refractivity contribution in [3.63, 3.8) is 0 Å². The molecule has 2 fully saturated rings. The number of carbonyl (C=O) groups excluding carboxylic acids is 2. The van der Waals surface area contributed by atoms with Gasteiger partial charge in [0, 0.05) is 44.5 Å². The Morgan fingerprint density at radius 3 is 2.35 bits per heavy atom. The van der Waals surface area contributed by atoms with E-state index in [2.05, 4.69) is 46.3 Å². The number of urea groups is 1. The molecule has 0 bridgehead atoms. The summed E-state index contributed by atoms with van der Waals surface area (Å²) in [5, 5.41) is 2.85. The van der Waals surface area contributed by atoms with Gasteiger partial charge in [-0.05, 0) is 25.0 Å². The first-order valence-electron chi connectivity index (χ1n) is 9.67. The molecule has 2 aliphatic rings. The van der Waals surface area contributed by atoms with Gasteiger partial charge in [-0.3, -0.25) is 14.6 Å². The van der Waals surface area contributed by atoms with E-state index in [0.717, 1.165) is 32.6 Å². The predicted octanol–water partition coefficient (Wildman–Crippen LogP) is 2.16. The molecule has 3 atom stereocenters. The summed E-state index contributed by atoms with van der Waals surface area (Å²) >= 11 is 0. The number of para-hydroxylation sites is 1. The summed E-state index contributed by atoms with van der Waals surface area (Å²) in [4.78, 5) is 31.0. The standard InChI is InChI=1S/C20H30N4O2/c1-4-15(2)18-19(25)24(20(26)21-18)14-16(3)22-10-12-23(13-11-22)17-8-6-5-7-9-17/h5-9,15-16,18H,4,10-14H2,1-3H3,(H,21,26)/t15-,16?,18-/m0/s1. The number of rotatable bonds is 6. The van der Waals surface area contributed by atoms with Crippen LogP contribution in [0.15, 0.2) is 30.3 Å². The average Bonchev–Trinajstić information content (AvgIpc) is 2.96. The summed E-state index contributed by atoms with van der Waals surface area (Å²) < 4.78 is 0. The molecule has 0 spiro atoms. The van der Waals surface area contributed by atoms with Gasteiger partial charge in [0.15, 0.2) is 0 Å². The smallest absolute Gasteiger partial charge is 0.324 e. The molecule has 0 aromatic heterocycles. The highest BCUT2D eigenvalue weighted by atomic mass is 16.2. The van der Waals surface area contributed by atoms with Gasteiger partial charge in [0.2, 0.25) is 0 Å². The van der Waals surface area contributed by atoms with Crippen LogP contribution in [-0.4, -0.2) is 66.5 Å². The summed E-state index contributed by atoms with van der Waals surface area (Å²) in [6.45, 7) is 10.4. The number of anilines is 1. The molecule has 0 radical (unpaired) electrons. The van der Waals surface area contributed by atoms with Crippen LogP contribution < -0.4 is 10.2 Å². The number of imide groups is 1. The molecule has 6 heteroatoms. The van der Waals surface area contributed by atoms with E-state index in [-0.39, 0.29) is 29.9 Å². The van der Waals surface area contributed by atoms with E-state index in [1.54, 1.807) is 0 Å². The van der Waals surface area contributed by atoms with Crippen molar-refractivity contribution in [1.82, 2.24) is 15.1 Å². The highest BCUT2D eigenvalue weighted by molar-refractivity contribution is 6.04. The highest BCUT2D eigenvalue weighted by Crippen LogP contribution is 2.20. The van der Waals surface area contributed by atoms with Crippen molar-refractivity contribution in [3.05, 3.63) is 30.3 Å². The predicted molar refractivity (Wildman–Crippen MR) is 103 cm³/mol. The molecule has 3 amide bonds. The van der Waals surface area contributed by atoms with Crippen LogP contribution in [0.25, 0.3) is 0 Å². The monoisotopic (exact) mass is 358 g/mol. The Labute approximate surface area is 156 Å². The fourth-order valence-corrected chi connectivity index (χ4v) is 3.77. The van der Waals surface area contributed by atoms with E-state index in [4.69, 9.17) is 0 Å². The Hall–Kier alpha value is -2.08. The highest BCUT2D eigenvalue weighted by Gasteiger charge is 2.41. The third kappa shape index (κ3) is 3.85. The lowest BCUT2D eigenvalue weighted by molar-refractivity contribution is -0.129. The molecule has 3 rings (SSSR count). The van der Waals surface area contributed by atoms with E-state index in [1.807, 2.05) is 19.9 Å². The van der Waals surface area contributed by atoms with Gasteiger partial charge in [0.05, 0.1) is 0 Å². The first-order chi connectivity index (χ1) is 12.5. The van der Waals surface area contributed by atoms with Gasteiger partial charge in [-0.2, -0.15) is 0 Å². The van der Waals surface area contributed by atoms with Gasteiger partial charge < -0.3 is 10.2 Å². The molecule has 2 heterocycles. The molecule has 6 nitrogen and oxygen atoms in total.